The Balaban J connectivity index is 1.58. The molecule has 0 saturated carbocycles. The number of carbonyl (C=O) groups excluding carboxylic acids is 1. The molecule has 1 aromatic heterocycles. The van der Waals surface area contributed by atoms with Crippen molar-refractivity contribution in [1.29, 1.82) is 0 Å². The van der Waals surface area contributed by atoms with Crippen LogP contribution in [0, 0.1) is 5.82 Å². The number of fused-ring (bicyclic) bond motifs is 1. The number of amides is 1. The van der Waals surface area contributed by atoms with Gasteiger partial charge < -0.3 is 14.8 Å². The van der Waals surface area contributed by atoms with Gasteiger partial charge in [0.15, 0.2) is 16.4 Å². The van der Waals surface area contributed by atoms with Crippen LogP contribution in [0.15, 0.2) is 48.5 Å². The first-order valence-electron chi connectivity index (χ1n) is 8.98. The van der Waals surface area contributed by atoms with Crippen molar-refractivity contribution in [3.8, 4) is 17.2 Å². The number of anilines is 1. The summed E-state index contributed by atoms with van der Waals surface area (Å²) in [5.74, 6) is -0.0211. The lowest BCUT2D eigenvalue weighted by Crippen LogP contribution is -2.22. The second-order valence-electron chi connectivity index (χ2n) is 6.71. The predicted molar refractivity (Wildman–Crippen MR) is 107 cm³/mol. The molecule has 0 fully saturated rings. The molecule has 1 N–H and O–H groups in total. The second kappa shape index (κ2) is 7.79. The average Bonchev–Trinajstić information content (AvgIpc) is 3.20. The Kier molecular flexibility index (Phi) is 5.17. The Morgan fingerprint density at radius 1 is 1.10 bits per heavy atom. The van der Waals surface area contributed by atoms with Crippen molar-refractivity contribution >= 4 is 21.6 Å². The summed E-state index contributed by atoms with van der Waals surface area (Å²) >= 11 is 0. The summed E-state index contributed by atoms with van der Waals surface area (Å²) in [6, 6.07) is 12.3. The number of hydrogen-bond donors (Lipinski definition) is 1. The van der Waals surface area contributed by atoms with Gasteiger partial charge in [0.05, 0.1) is 30.0 Å². The van der Waals surface area contributed by atoms with Crippen LogP contribution in [-0.2, 0) is 26.1 Å². The molecule has 0 atom stereocenters. The zero-order valence-electron chi connectivity index (χ0n) is 16.0. The van der Waals surface area contributed by atoms with Crippen molar-refractivity contribution in [2.24, 2.45) is 0 Å². The maximum Gasteiger partial charge on any atom is 0.263 e. The van der Waals surface area contributed by atoms with Gasteiger partial charge in [-0.05, 0) is 48.5 Å². The number of ether oxygens (including phenoxy) is 2. The molecule has 0 spiro atoms. The standard InChI is InChI=1S/C20H18FN3O5S/c1-28-15-8-4-14(5-9-15)24-20(17-11-30(26,27)12-18(17)23-24)22-19(25)10-29-16-6-2-13(21)3-7-16/h2-9H,10-12H2,1H3,(H,22,25). The van der Waals surface area contributed by atoms with E-state index in [1.165, 1.54) is 28.9 Å². The lowest BCUT2D eigenvalue weighted by Gasteiger charge is -2.12. The molecule has 2 aromatic carbocycles. The van der Waals surface area contributed by atoms with Crippen molar-refractivity contribution < 1.29 is 27.1 Å². The number of rotatable bonds is 6. The molecule has 156 valence electrons. The predicted octanol–water partition coefficient (Wildman–Crippen LogP) is 2.47. The molecular formula is C20H18FN3O5S. The molecule has 3 aromatic rings. The fourth-order valence-electron chi connectivity index (χ4n) is 3.13. The lowest BCUT2D eigenvalue weighted by molar-refractivity contribution is -0.118. The van der Waals surface area contributed by atoms with Crippen LogP contribution < -0.4 is 14.8 Å². The van der Waals surface area contributed by atoms with E-state index in [0.717, 1.165) is 0 Å². The Morgan fingerprint density at radius 3 is 2.43 bits per heavy atom. The third-order valence-electron chi connectivity index (χ3n) is 4.55. The zero-order chi connectivity index (χ0) is 21.3. The molecule has 2 heterocycles. The Morgan fingerprint density at radius 2 is 1.77 bits per heavy atom. The quantitative estimate of drug-likeness (QED) is 0.644. The average molecular weight is 431 g/mol. The summed E-state index contributed by atoms with van der Waals surface area (Å²) in [7, 11) is -1.75. The number of aromatic nitrogens is 2. The van der Waals surface area contributed by atoms with Crippen LogP contribution >= 0.6 is 0 Å². The third kappa shape index (κ3) is 4.13. The molecular weight excluding hydrogens is 413 g/mol. The minimum atomic E-state index is -3.30. The number of nitrogens with one attached hydrogen (secondary N) is 1. The Bertz CT molecular complexity index is 1190. The van der Waals surface area contributed by atoms with Gasteiger partial charge in [-0.15, -0.1) is 0 Å². The number of nitrogens with zero attached hydrogens (tertiary/aromatic N) is 2. The molecule has 1 amide bonds. The van der Waals surface area contributed by atoms with Crippen LogP contribution in [0.25, 0.3) is 5.69 Å². The van der Waals surface area contributed by atoms with Gasteiger partial charge in [-0.3, -0.25) is 4.79 Å². The fraction of sp³-hybridized carbons (Fsp3) is 0.200. The van der Waals surface area contributed by atoms with Crippen molar-refractivity contribution in [1.82, 2.24) is 9.78 Å². The van der Waals surface area contributed by atoms with Gasteiger partial charge in [0, 0.05) is 5.56 Å². The van der Waals surface area contributed by atoms with Crippen molar-refractivity contribution in [3.63, 3.8) is 0 Å². The van der Waals surface area contributed by atoms with Crippen LogP contribution in [-0.4, -0.2) is 37.8 Å². The summed E-state index contributed by atoms with van der Waals surface area (Å²) in [5.41, 5.74) is 1.50. The molecule has 30 heavy (non-hydrogen) atoms. The van der Waals surface area contributed by atoms with E-state index in [2.05, 4.69) is 10.4 Å². The van der Waals surface area contributed by atoms with Gasteiger partial charge in [0.25, 0.3) is 5.91 Å². The number of methoxy groups -OCH3 is 1. The van der Waals surface area contributed by atoms with Crippen molar-refractivity contribution in [2.45, 2.75) is 11.5 Å². The number of sulfone groups is 1. The minimum Gasteiger partial charge on any atom is -0.497 e. The maximum atomic E-state index is 13.0. The van der Waals surface area contributed by atoms with E-state index in [0.29, 0.717) is 28.4 Å². The van der Waals surface area contributed by atoms with Gasteiger partial charge in [0.1, 0.15) is 23.1 Å². The molecule has 10 heteroatoms. The first-order chi connectivity index (χ1) is 14.3. The highest BCUT2D eigenvalue weighted by Crippen LogP contribution is 2.33. The molecule has 4 rings (SSSR count). The molecule has 0 saturated heterocycles. The number of benzene rings is 2. The van der Waals surface area contributed by atoms with E-state index < -0.39 is 21.6 Å². The van der Waals surface area contributed by atoms with Crippen LogP contribution in [0.2, 0.25) is 0 Å². The van der Waals surface area contributed by atoms with Crippen LogP contribution in [0.4, 0.5) is 10.2 Å². The van der Waals surface area contributed by atoms with Crippen molar-refractivity contribution in [2.75, 3.05) is 19.0 Å². The highest BCUT2D eigenvalue weighted by Gasteiger charge is 2.33. The molecule has 8 nitrogen and oxygen atoms in total. The zero-order valence-corrected chi connectivity index (χ0v) is 16.8. The van der Waals surface area contributed by atoms with E-state index in [4.69, 9.17) is 9.47 Å². The third-order valence-corrected chi connectivity index (χ3v) is 5.99. The van der Waals surface area contributed by atoms with E-state index in [9.17, 15) is 17.6 Å². The molecule has 0 bridgehead atoms. The van der Waals surface area contributed by atoms with Crippen LogP contribution in [0.5, 0.6) is 11.5 Å². The Hall–Kier alpha value is -3.40. The van der Waals surface area contributed by atoms with E-state index in [-0.39, 0.29) is 23.9 Å². The number of carbonyl (C=O) groups is 1. The molecule has 0 unspecified atom stereocenters. The molecule has 0 radical (unpaired) electrons. The molecule has 1 aliphatic heterocycles. The largest absolute Gasteiger partial charge is 0.497 e. The first kappa shape index (κ1) is 19.9. The second-order valence-corrected chi connectivity index (χ2v) is 8.77. The topological polar surface area (TPSA) is 99.5 Å². The van der Waals surface area contributed by atoms with E-state index in [1.54, 1.807) is 31.4 Å². The van der Waals surface area contributed by atoms with Crippen LogP contribution in [0.3, 0.4) is 0 Å². The highest BCUT2D eigenvalue weighted by atomic mass is 32.2. The first-order valence-corrected chi connectivity index (χ1v) is 10.8. The normalized spacial score (nSPS) is 14.2. The lowest BCUT2D eigenvalue weighted by atomic mass is 10.2. The van der Waals surface area contributed by atoms with Crippen molar-refractivity contribution in [3.05, 3.63) is 65.6 Å². The smallest absolute Gasteiger partial charge is 0.263 e. The maximum absolute atomic E-state index is 13.0. The van der Waals surface area contributed by atoms with Gasteiger partial charge in [0.2, 0.25) is 0 Å². The van der Waals surface area contributed by atoms with E-state index in [1.807, 2.05) is 0 Å². The molecule has 0 aliphatic carbocycles. The number of hydrogen-bond acceptors (Lipinski definition) is 6. The highest BCUT2D eigenvalue weighted by molar-refractivity contribution is 7.90. The van der Waals surface area contributed by atoms with Gasteiger partial charge in [-0.25, -0.2) is 17.5 Å². The molecule has 1 aliphatic rings. The number of halogens is 1. The van der Waals surface area contributed by atoms with Gasteiger partial charge in [-0.1, -0.05) is 0 Å². The summed E-state index contributed by atoms with van der Waals surface area (Å²) in [4.78, 5) is 12.5. The SMILES string of the molecule is COc1ccc(-n2nc3c(c2NC(=O)COc2ccc(F)cc2)CS(=O)(=O)C3)cc1. The summed E-state index contributed by atoms with van der Waals surface area (Å²) in [6.45, 7) is -0.332. The van der Waals surface area contributed by atoms with Gasteiger partial charge in [-0.2, -0.15) is 5.10 Å². The fourth-order valence-corrected chi connectivity index (χ4v) is 4.62. The summed E-state index contributed by atoms with van der Waals surface area (Å²) in [6.07, 6.45) is 0. The van der Waals surface area contributed by atoms with E-state index >= 15 is 0 Å². The Labute approximate surface area is 172 Å². The monoisotopic (exact) mass is 431 g/mol. The summed E-state index contributed by atoms with van der Waals surface area (Å²) in [5, 5.41) is 7.10. The minimum absolute atomic E-state index is 0.180. The van der Waals surface area contributed by atoms with Gasteiger partial charge >= 0.3 is 0 Å². The summed E-state index contributed by atoms with van der Waals surface area (Å²) < 4.78 is 49.0. The van der Waals surface area contributed by atoms with Crippen LogP contribution in [0.1, 0.15) is 11.3 Å².